The number of nitrogens with one attached hydrogen (secondary N) is 1. The predicted octanol–water partition coefficient (Wildman–Crippen LogP) is 0.874. The molecule has 2 aliphatic rings. The predicted molar refractivity (Wildman–Crippen MR) is 94.3 cm³/mol. The number of hydrogen-bond acceptors (Lipinski definition) is 4. The van der Waals surface area contributed by atoms with Crippen molar-refractivity contribution in [2.24, 2.45) is 0 Å². The van der Waals surface area contributed by atoms with Crippen LogP contribution in [0.2, 0.25) is 5.02 Å². The summed E-state index contributed by atoms with van der Waals surface area (Å²) in [5.41, 5.74) is 0.715. The lowest BCUT2D eigenvalue weighted by molar-refractivity contribution is -0.139. The summed E-state index contributed by atoms with van der Waals surface area (Å²) >= 11 is 5.79. The Kier molecular flexibility index (Phi) is 5.71. The van der Waals surface area contributed by atoms with Gasteiger partial charge in [0.2, 0.25) is 11.7 Å². The van der Waals surface area contributed by atoms with Crippen LogP contribution >= 0.6 is 11.6 Å². The second-order valence-electron chi connectivity index (χ2n) is 6.56. The first-order valence-electron chi connectivity index (χ1n) is 8.60. The molecular weight excluding hydrogens is 342 g/mol. The third-order valence-corrected chi connectivity index (χ3v) is 4.91. The van der Waals surface area contributed by atoms with E-state index >= 15 is 0 Å². The first-order valence-corrected chi connectivity index (χ1v) is 8.98. The zero-order valence-electron chi connectivity index (χ0n) is 14.0. The maximum Gasteiger partial charge on any atom is 0.288 e. The van der Waals surface area contributed by atoms with Gasteiger partial charge in [0.25, 0.3) is 5.91 Å². The fourth-order valence-electron chi connectivity index (χ4n) is 3.01. The molecule has 2 amide bonds. The minimum Gasteiger partial charge on any atom is -0.340 e. The van der Waals surface area contributed by atoms with Crippen LogP contribution in [-0.2, 0) is 20.8 Å². The average molecular weight is 364 g/mol. The number of nitrogens with zero attached hydrogens (tertiary/aromatic N) is 2. The third-order valence-electron chi connectivity index (χ3n) is 4.66. The van der Waals surface area contributed by atoms with Crippen LogP contribution in [0.15, 0.2) is 24.3 Å². The van der Waals surface area contributed by atoms with Crippen LogP contribution in [0.1, 0.15) is 18.4 Å². The maximum absolute atomic E-state index is 12.2. The second kappa shape index (κ2) is 7.97. The summed E-state index contributed by atoms with van der Waals surface area (Å²) in [7, 11) is 0. The Hall–Kier alpha value is -1.92. The van der Waals surface area contributed by atoms with Crippen LogP contribution in [0, 0.1) is 0 Å². The van der Waals surface area contributed by atoms with Crippen LogP contribution in [-0.4, -0.2) is 66.2 Å². The normalized spacial score (nSPS) is 18.0. The van der Waals surface area contributed by atoms with Crippen molar-refractivity contribution in [1.29, 1.82) is 0 Å². The highest BCUT2D eigenvalue weighted by Gasteiger charge is 2.32. The Bertz CT molecular complexity index is 650. The number of rotatable bonds is 6. The topological polar surface area (TPSA) is 69.7 Å². The number of ketones is 1. The van der Waals surface area contributed by atoms with E-state index in [9.17, 15) is 14.4 Å². The molecule has 134 valence electrons. The van der Waals surface area contributed by atoms with Gasteiger partial charge in [-0.3, -0.25) is 19.3 Å². The molecule has 6 nitrogen and oxygen atoms in total. The SMILES string of the molecule is O=C(Cc1ccc(Cl)cc1)C(=O)NCC(=O)N1CCN(C2CC2)CC1. The van der Waals surface area contributed by atoms with Gasteiger partial charge in [0.15, 0.2) is 0 Å². The fraction of sp³-hybridized carbons (Fsp3) is 0.500. The summed E-state index contributed by atoms with van der Waals surface area (Å²) in [6, 6.07) is 7.47. The first-order chi connectivity index (χ1) is 12.0. The molecule has 0 unspecified atom stereocenters. The molecule has 1 aromatic rings. The molecule has 1 aliphatic heterocycles. The van der Waals surface area contributed by atoms with Gasteiger partial charge in [-0.2, -0.15) is 0 Å². The number of benzene rings is 1. The van der Waals surface area contributed by atoms with Crippen molar-refractivity contribution < 1.29 is 14.4 Å². The summed E-state index contributed by atoms with van der Waals surface area (Å²) in [6.07, 6.45) is 2.52. The van der Waals surface area contributed by atoms with E-state index < -0.39 is 11.7 Å². The van der Waals surface area contributed by atoms with E-state index in [1.165, 1.54) is 12.8 Å². The van der Waals surface area contributed by atoms with Gasteiger partial charge in [-0.15, -0.1) is 0 Å². The summed E-state index contributed by atoms with van der Waals surface area (Å²) in [5, 5.41) is 3.01. The summed E-state index contributed by atoms with van der Waals surface area (Å²) < 4.78 is 0. The molecular formula is C18H22ClN3O3. The molecule has 0 radical (unpaired) electrons. The highest BCUT2D eigenvalue weighted by molar-refractivity contribution is 6.36. The van der Waals surface area contributed by atoms with Crippen molar-refractivity contribution in [1.82, 2.24) is 15.1 Å². The van der Waals surface area contributed by atoms with E-state index in [-0.39, 0.29) is 18.9 Å². The number of carbonyl (C=O) groups is 3. The van der Waals surface area contributed by atoms with Crippen LogP contribution < -0.4 is 5.32 Å². The molecule has 1 aliphatic carbocycles. The maximum atomic E-state index is 12.2. The number of amides is 2. The molecule has 1 aromatic carbocycles. The average Bonchev–Trinajstić information content (AvgIpc) is 3.46. The van der Waals surface area contributed by atoms with E-state index in [4.69, 9.17) is 11.6 Å². The fourth-order valence-corrected chi connectivity index (χ4v) is 3.14. The lowest BCUT2D eigenvalue weighted by Gasteiger charge is -2.34. The Morgan fingerprint density at radius 1 is 1.04 bits per heavy atom. The molecule has 3 rings (SSSR count). The molecule has 25 heavy (non-hydrogen) atoms. The van der Waals surface area contributed by atoms with Gasteiger partial charge >= 0.3 is 0 Å². The second-order valence-corrected chi connectivity index (χ2v) is 6.99. The Balaban J connectivity index is 1.39. The Labute approximate surface area is 152 Å². The number of Topliss-reactive ketones (excluding diaryl/α,β-unsaturated/α-hetero) is 1. The van der Waals surface area contributed by atoms with Crippen molar-refractivity contribution in [2.75, 3.05) is 32.7 Å². The Morgan fingerprint density at radius 3 is 2.28 bits per heavy atom. The summed E-state index contributed by atoms with van der Waals surface area (Å²) in [6.45, 7) is 3.02. The zero-order chi connectivity index (χ0) is 17.8. The lowest BCUT2D eigenvalue weighted by Crippen LogP contribution is -2.52. The largest absolute Gasteiger partial charge is 0.340 e. The highest BCUT2D eigenvalue weighted by Crippen LogP contribution is 2.27. The molecule has 1 N–H and O–H groups in total. The molecule has 2 fully saturated rings. The van der Waals surface area contributed by atoms with Gasteiger partial charge in [0.1, 0.15) is 0 Å². The van der Waals surface area contributed by atoms with Crippen molar-refractivity contribution in [3.05, 3.63) is 34.9 Å². The van der Waals surface area contributed by atoms with Gasteiger partial charge in [-0.05, 0) is 30.5 Å². The number of halogens is 1. The van der Waals surface area contributed by atoms with Crippen LogP contribution in [0.5, 0.6) is 0 Å². The van der Waals surface area contributed by atoms with Crippen molar-refractivity contribution in [2.45, 2.75) is 25.3 Å². The van der Waals surface area contributed by atoms with Crippen LogP contribution in [0.4, 0.5) is 0 Å². The molecule has 0 spiro atoms. The van der Waals surface area contributed by atoms with Crippen molar-refractivity contribution in [3.8, 4) is 0 Å². The standard InChI is InChI=1S/C18H22ClN3O3/c19-14-3-1-13(2-4-14)11-16(23)18(25)20-12-17(24)22-9-7-21(8-10-22)15-5-6-15/h1-4,15H,5-12H2,(H,20,25). The molecule has 1 heterocycles. The number of piperazine rings is 1. The highest BCUT2D eigenvalue weighted by atomic mass is 35.5. The van der Waals surface area contributed by atoms with Gasteiger partial charge in [0, 0.05) is 43.7 Å². The smallest absolute Gasteiger partial charge is 0.288 e. The van der Waals surface area contributed by atoms with Gasteiger partial charge in [0.05, 0.1) is 6.54 Å². The van der Waals surface area contributed by atoms with E-state index in [1.807, 2.05) is 0 Å². The van der Waals surface area contributed by atoms with E-state index in [0.717, 1.165) is 13.1 Å². The molecule has 1 saturated heterocycles. The zero-order valence-corrected chi connectivity index (χ0v) is 14.8. The molecule has 1 saturated carbocycles. The van der Waals surface area contributed by atoms with Gasteiger partial charge < -0.3 is 10.2 Å². The molecule has 0 bridgehead atoms. The summed E-state index contributed by atoms with van der Waals surface area (Å²) in [5.74, 6) is -1.42. The van der Waals surface area contributed by atoms with Gasteiger partial charge in [-0.1, -0.05) is 23.7 Å². The van der Waals surface area contributed by atoms with E-state index in [1.54, 1.807) is 29.2 Å². The number of carbonyl (C=O) groups excluding carboxylic acids is 3. The number of hydrogen-bond donors (Lipinski definition) is 1. The van der Waals surface area contributed by atoms with Crippen molar-refractivity contribution >= 4 is 29.2 Å². The molecule has 0 aromatic heterocycles. The van der Waals surface area contributed by atoms with Gasteiger partial charge in [-0.25, -0.2) is 0 Å². The minimum absolute atomic E-state index is 0.00272. The molecule has 7 heteroatoms. The van der Waals surface area contributed by atoms with Crippen molar-refractivity contribution in [3.63, 3.8) is 0 Å². The van der Waals surface area contributed by atoms with E-state index in [2.05, 4.69) is 10.2 Å². The monoisotopic (exact) mass is 363 g/mol. The minimum atomic E-state index is -0.722. The quantitative estimate of drug-likeness (QED) is 0.762. The third kappa shape index (κ3) is 5.03. The summed E-state index contributed by atoms with van der Waals surface area (Å²) in [4.78, 5) is 40.2. The van der Waals surface area contributed by atoms with Crippen LogP contribution in [0.3, 0.4) is 0 Å². The van der Waals surface area contributed by atoms with E-state index in [0.29, 0.717) is 29.7 Å². The Morgan fingerprint density at radius 2 is 1.68 bits per heavy atom. The first kappa shape index (κ1) is 17.9. The van der Waals surface area contributed by atoms with Crippen LogP contribution in [0.25, 0.3) is 0 Å². The lowest BCUT2D eigenvalue weighted by atomic mass is 10.1. The molecule has 0 atom stereocenters.